The van der Waals surface area contributed by atoms with Crippen molar-refractivity contribution in [3.63, 3.8) is 0 Å². The molecule has 7 nitrogen and oxygen atoms in total. The minimum Gasteiger partial charge on any atom is -0.485 e. The van der Waals surface area contributed by atoms with Crippen LogP contribution in [0.3, 0.4) is 0 Å². The molecule has 1 aliphatic carbocycles. The molecule has 1 N–H and O–H groups in total. The first-order chi connectivity index (χ1) is 12.6. The van der Waals surface area contributed by atoms with Crippen molar-refractivity contribution in [1.82, 2.24) is 15.1 Å². The molecule has 0 unspecified atom stereocenters. The zero-order valence-electron chi connectivity index (χ0n) is 15.0. The van der Waals surface area contributed by atoms with E-state index in [9.17, 15) is 9.59 Å². The second kappa shape index (κ2) is 7.15. The van der Waals surface area contributed by atoms with Gasteiger partial charge in [0.25, 0.3) is 5.91 Å². The Morgan fingerprint density at radius 3 is 2.50 bits per heavy atom. The predicted octanol–water partition coefficient (Wildman–Crippen LogP) is 0.638. The van der Waals surface area contributed by atoms with E-state index in [-0.39, 0.29) is 24.5 Å². The number of ether oxygens (including phenoxy) is 2. The maximum absolute atomic E-state index is 12.8. The molecule has 0 radical (unpaired) electrons. The van der Waals surface area contributed by atoms with Crippen LogP contribution in [0.25, 0.3) is 0 Å². The van der Waals surface area contributed by atoms with E-state index in [1.54, 1.807) is 0 Å². The lowest BCUT2D eigenvalue weighted by molar-refractivity contribution is -0.143. The van der Waals surface area contributed by atoms with Crippen LogP contribution in [0.2, 0.25) is 0 Å². The third-order valence-corrected chi connectivity index (χ3v) is 5.26. The molecule has 0 spiro atoms. The molecule has 0 bridgehead atoms. The summed E-state index contributed by atoms with van der Waals surface area (Å²) < 4.78 is 11.5. The van der Waals surface area contributed by atoms with Crippen LogP contribution in [-0.4, -0.2) is 72.6 Å². The van der Waals surface area contributed by atoms with Gasteiger partial charge in [0.05, 0.1) is 6.04 Å². The number of nitrogens with zero attached hydrogens (tertiary/aromatic N) is 2. The van der Waals surface area contributed by atoms with Crippen molar-refractivity contribution >= 4 is 11.8 Å². The monoisotopic (exact) mass is 359 g/mol. The molecule has 4 rings (SSSR count). The quantitative estimate of drug-likeness (QED) is 0.854. The van der Waals surface area contributed by atoms with Gasteiger partial charge in [-0.05, 0) is 31.9 Å². The van der Waals surface area contributed by atoms with E-state index in [1.165, 1.54) is 0 Å². The third-order valence-electron chi connectivity index (χ3n) is 5.26. The highest BCUT2D eigenvalue weighted by Crippen LogP contribution is 2.31. The molecule has 1 aromatic carbocycles. The summed E-state index contributed by atoms with van der Waals surface area (Å²) in [4.78, 5) is 28.9. The minimum absolute atomic E-state index is 0.0470. The van der Waals surface area contributed by atoms with Gasteiger partial charge >= 0.3 is 0 Å². The highest BCUT2D eigenvalue weighted by Gasteiger charge is 2.35. The van der Waals surface area contributed by atoms with Crippen LogP contribution < -0.4 is 14.8 Å². The van der Waals surface area contributed by atoms with Crippen LogP contribution in [0.1, 0.15) is 19.8 Å². The van der Waals surface area contributed by atoms with Crippen molar-refractivity contribution in [3.8, 4) is 11.5 Å². The fourth-order valence-corrected chi connectivity index (χ4v) is 3.39. The average Bonchev–Trinajstić information content (AvgIpc) is 3.50. The summed E-state index contributed by atoms with van der Waals surface area (Å²) in [6, 6.07) is 7.61. The summed E-state index contributed by atoms with van der Waals surface area (Å²) >= 11 is 0. The number of hydrogen-bond acceptors (Lipinski definition) is 5. The molecule has 2 amide bonds. The van der Waals surface area contributed by atoms with Gasteiger partial charge in [-0.1, -0.05) is 12.1 Å². The van der Waals surface area contributed by atoms with Gasteiger partial charge in [-0.2, -0.15) is 0 Å². The number of para-hydroxylation sites is 2. The number of fused-ring (bicyclic) bond motifs is 1. The van der Waals surface area contributed by atoms with Crippen LogP contribution in [0, 0.1) is 0 Å². The second-order valence-electron chi connectivity index (χ2n) is 7.18. The molecule has 2 fully saturated rings. The average molecular weight is 359 g/mol. The van der Waals surface area contributed by atoms with E-state index in [1.807, 2.05) is 36.1 Å². The van der Waals surface area contributed by atoms with Gasteiger partial charge < -0.3 is 19.7 Å². The third kappa shape index (κ3) is 3.62. The predicted molar refractivity (Wildman–Crippen MR) is 95.1 cm³/mol. The Hall–Kier alpha value is -2.28. The van der Waals surface area contributed by atoms with Crippen molar-refractivity contribution in [1.29, 1.82) is 0 Å². The van der Waals surface area contributed by atoms with Crippen molar-refractivity contribution in [2.45, 2.75) is 38.0 Å². The first-order valence-electron chi connectivity index (χ1n) is 9.33. The van der Waals surface area contributed by atoms with Gasteiger partial charge in [0, 0.05) is 32.2 Å². The number of amides is 2. The van der Waals surface area contributed by atoms with E-state index in [4.69, 9.17) is 9.47 Å². The number of benzene rings is 1. The SMILES string of the molecule is C[C@@H](C(=O)NC1CC1)N1CCN(C(=O)[C@@H]2COc3ccccc3O2)CC1. The molecule has 1 saturated carbocycles. The van der Waals surface area contributed by atoms with Crippen LogP contribution in [0.15, 0.2) is 24.3 Å². The Morgan fingerprint density at radius 1 is 1.12 bits per heavy atom. The second-order valence-corrected chi connectivity index (χ2v) is 7.18. The van der Waals surface area contributed by atoms with E-state index in [0.717, 1.165) is 12.8 Å². The molecule has 1 saturated heterocycles. The summed E-state index contributed by atoms with van der Waals surface area (Å²) in [6.45, 7) is 4.74. The Balaban J connectivity index is 1.29. The molecule has 3 aliphatic rings. The van der Waals surface area contributed by atoms with Crippen LogP contribution in [-0.2, 0) is 9.59 Å². The number of nitrogens with one attached hydrogen (secondary N) is 1. The fraction of sp³-hybridized carbons (Fsp3) is 0.579. The van der Waals surface area contributed by atoms with Gasteiger partial charge in [0.15, 0.2) is 11.5 Å². The van der Waals surface area contributed by atoms with Crippen molar-refractivity contribution in [2.24, 2.45) is 0 Å². The number of rotatable bonds is 4. The topological polar surface area (TPSA) is 71.1 Å². The Labute approximate surface area is 153 Å². The smallest absolute Gasteiger partial charge is 0.267 e. The molecule has 2 atom stereocenters. The molecule has 7 heteroatoms. The van der Waals surface area contributed by atoms with E-state index < -0.39 is 6.10 Å². The van der Waals surface area contributed by atoms with E-state index in [2.05, 4.69) is 10.2 Å². The zero-order chi connectivity index (χ0) is 18.1. The summed E-state index contributed by atoms with van der Waals surface area (Å²) in [5, 5.41) is 3.05. The van der Waals surface area contributed by atoms with Crippen LogP contribution >= 0.6 is 0 Å². The maximum atomic E-state index is 12.8. The first kappa shape index (κ1) is 17.1. The van der Waals surface area contributed by atoms with Crippen LogP contribution in [0.4, 0.5) is 0 Å². The summed E-state index contributed by atoms with van der Waals surface area (Å²) in [7, 11) is 0. The number of hydrogen-bond donors (Lipinski definition) is 1. The maximum Gasteiger partial charge on any atom is 0.267 e. The van der Waals surface area contributed by atoms with Crippen molar-refractivity contribution in [2.75, 3.05) is 32.8 Å². The molecule has 2 heterocycles. The van der Waals surface area contributed by atoms with Gasteiger partial charge in [0.2, 0.25) is 12.0 Å². The number of carbonyl (C=O) groups excluding carboxylic acids is 2. The number of carbonyl (C=O) groups is 2. The summed E-state index contributed by atoms with van der Waals surface area (Å²) in [6.07, 6.45) is 1.58. The van der Waals surface area contributed by atoms with E-state index in [0.29, 0.717) is 43.7 Å². The lowest BCUT2D eigenvalue weighted by Gasteiger charge is -2.39. The van der Waals surface area contributed by atoms with Crippen molar-refractivity contribution in [3.05, 3.63) is 24.3 Å². The largest absolute Gasteiger partial charge is 0.485 e. The first-order valence-corrected chi connectivity index (χ1v) is 9.33. The fourth-order valence-electron chi connectivity index (χ4n) is 3.39. The minimum atomic E-state index is -0.605. The lowest BCUT2D eigenvalue weighted by atomic mass is 10.2. The Morgan fingerprint density at radius 2 is 1.81 bits per heavy atom. The Kier molecular flexibility index (Phi) is 4.72. The standard InChI is InChI=1S/C19H25N3O4/c1-13(18(23)20-14-6-7-14)21-8-10-22(11-9-21)19(24)17-12-25-15-4-2-3-5-16(15)26-17/h2-5,13-14,17H,6-12H2,1H3,(H,20,23)/t13-,17-/m0/s1. The lowest BCUT2D eigenvalue weighted by Crippen LogP contribution is -2.57. The van der Waals surface area contributed by atoms with Crippen LogP contribution in [0.5, 0.6) is 11.5 Å². The van der Waals surface area contributed by atoms with Gasteiger partial charge in [-0.3, -0.25) is 14.5 Å². The zero-order valence-corrected chi connectivity index (χ0v) is 15.0. The Bertz CT molecular complexity index is 683. The molecular formula is C19H25N3O4. The van der Waals surface area contributed by atoms with E-state index >= 15 is 0 Å². The highest BCUT2D eigenvalue weighted by atomic mass is 16.6. The number of piperazine rings is 1. The molecule has 1 aromatic rings. The van der Waals surface area contributed by atoms with Gasteiger partial charge in [-0.25, -0.2) is 0 Å². The molecular weight excluding hydrogens is 334 g/mol. The van der Waals surface area contributed by atoms with Gasteiger partial charge in [0.1, 0.15) is 6.61 Å². The normalized spacial score (nSPS) is 24.0. The van der Waals surface area contributed by atoms with Gasteiger partial charge in [-0.15, -0.1) is 0 Å². The molecule has 140 valence electrons. The summed E-state index contributed by atoms with van der Waals surface area (Å²) in [5.74, 6) is 1.33. The summed E-state index contributed by atoms with van der Waals surface area (Å²) in [5.41, 5.74) is 0. The molecule has 2 aliphatic heterocycles. The molecule has 0 aromatic heterocycles. The molecule has 26 heavy (non-hydrogen) atoms. The highest BCUT2D eigenvalue weighted by molar-refractivity contribution is 5.83. The van der Waals surface area contributed by atoms with Crippen molar-refractivity contribution < 1.29 is 19.1 Å².